The molecule has 0 saturated carbocycles. The van der Waals surface area contributed by atoms with Crippen LogP contribution >= 0.6 is 0 Å². The minimum absolute atomic E-state index is 0.133. The first kappa shape index (κ1) is 10.1. The van der Waals surface area contributed by atoms with Crippen molar-refractivity contribution in [1.82, 2.24) is 4.90 Å². The van der Waals surface area contributed by atoms with Gasteiger partial charge in [-0.2, -0.15) is 0 Å². The van der Waals surface area contributed by atoms with E-state index in [2.05, 4.69) is 4.90 Å². The topological polar surface area (TPSA) is 12.5 Å². The molecule has 1 atom stereocenters. The Hall–Kier alpha value is -0.410. The summed E-state index contributed by atoms with van der Waals surface area (Å²) < 4.78 is 18.0. The van der Waals surface area contributed by atoms with E-state index in [4.69, 9.17) is 4.74 Å². The molecule has 80 valence electrons. The number of hydrogen-bond donors (Lipinski definition) is 0. The van der Waals surface area contributed by atoms with Crippen LogP contribution in [0.1, 0.15) is 26.2 Å². The fourth-order valence-electron chi connectivity index (χ4n) is 2.74. The molecular formula is C11H18FNO. The van der Waals surface area contributed by atoms with Crippen LogP contribution in [-0.4, -0.2) is 36.7 Å². The molecule has 0 amide bonds. The summed E-state index contributed by atoms with van der Waals surface area (Å²) in [5.74, 6) is 0. The molecule has 2 aliphatic heterocycles. The molecule has 2 rings (SSSR count). The van der Waals surface area contributed by atoms with Gasteiger partial charge in [-0.3, -0.25) is 4.90 Å². The van der Waals surface area contributed by atoms with Crippen LogP contribution in [0.15, 0.2) is 11.9 Å². The molecule has 3 heteroatoms. The van der Waals surface area contributed by atoms with E-state index in [-0.39, 0.29) is 5.54 Å². The molecule has 0 radical (unpaired) electrons. The van der Waals surface area contributed by atoms with E-state index in [1.807, 2.05) is 6.92 Å². The zero-order valence-electron chi connectivity index (χ0n) is 8.76. The van der Waals surface area contributed by atoms with Gasteiger partial charge in [-0.15, -0.1) is 0 Å². The second-order valence-electron chi connectivity index (χ2n) is 4.33. The van der Waals surface area contributed by atoms with Gasteiger partial charge in [0.2, 0.25) is 0 Å². The summed E-state index contributed by atoms with van der Waals surface area (Å²) in [6, 6.07) is 0. The number of ether oxygens (including phenoxy) is 1. The first-order chi connectivity index (χ1) is 6.80. The largest absolute Gasteiger partial charge is 0.380 e. The molecule has 2 saturated heterocycles. The zero-order chi connectivity index (χ0) is 10.0. The van der Waals surface area contributed by atoms with Crippen LogP contribution in [0.2, 0.25) is 0 Å². The van der Waals surface area contributed by atoms with Gasteiger partial charge in [-0.05, 0) is 38.3 Å². The van der Waals surface area contributed by atoms with Gasteiger partial charge in [0, 0.05) is 18.7 Å². The van der Waals surface area contributed by atoms with Gasteiger partial charge < -0.3 is 4.74 Å². The van der Waals surface area contributed by atoms with Crippen LogP contribution < -0.4 is 0 Å². The van der Waals surface area contributed by atoms with Gasteiger partial charge >= 0.3 is 0 Å². The van der Waals surface area contributed by atoms with E-state index in [1.54, 1.807) is 0 Å². The van der Waals surface area contributed by atoms with Crippen LogP contribution in [0.3, 0.4) is 0 Å². The van der Waals surface area contributed by atoms with Crippen LogP contribution in [0, 0.1) is 0 Å². The maximum absolute atomic E-state index is 12.5. The summed E-state index contributed by atoms with van der Waals surface area (Å²) in [5, 5.41) is 0. The monoisotopic (exact) mass is 199 g/mol. The smallest absolute Gasteiger partial charge is 0.0872 e. The summed E-state index contributed by atoms with van der Waals surface area (Å²) in [6.45, 7) is 5.44. The standard InChI is InChI=1S/C11H18FNO/c1-2-14-9-11-4-3-5-13(11)8-10(6-11)7-12/h7H,2-6,8-9H2,1H3/b10-7+. The van der Waals surface area contributed by atoms with Crippen molar-refractivity contribution in [3.05, 3.63) is 11.9 Å². The highest BCUT2D eigenvalue weighted by Crippen LogP contribution is 2.41. The van der Waals surface area contributed by atoms with Crippen molar-refractivity contribution in [2.75, 3.05) is 26.3 Å². The lowest BCUT2D eigenvalue weighted by Crippen LogP contribution is -2.42. The third-order valence-electron chi connectivity index (χ3n) is 3.42. The summed E-state index contributed by atoms with van der Waals surface area (Å²) in [6.07, 6.45) is 4.03. The predicted octanol–water partition coefficient (Wildman–Crippen LogP) is 2.11. The van der Waals surface area contributed by atoms with Crippen LogP contribution in [0.25, 0.3) is 0 Å². The van der Waals surface area contributed by atoms with Gasteiger partial charge in [0.15, 0.2) is 0 Å². The normalized spacial score (nSPS) is 35.4. The molecule has 0 aromatic heterocycles. The van der Waals surface area contributed by atoms with E-state index >= 15 is 0 Å². The minimum Gasteiger partial charge on any atom is -0.380 e. The minimum atomic E-state index is 0.133. The molecule has 0 spiro atoms. The maximum Gasteiger partial charge on any atom is 0.0872 e. The van der Waals surface area contributed by atoms with Crippen LogP contribution in [0.4, 0.5) is 4.39 Å². The van der Waals surface area contributed by atoms with E-state index in [0.717, 1.165) is 51.0 Å². The predicted molar refractivity (Wildman–Crippen MR) is 53.8 cm³/mol. The number of halogens is 1. The van der Waals surface area contributed by atoms with Crippen molar-refractivity contribution in [2.45, 2.75) is 31.7 Å². The summed E-state index contributed by atoms with van der Waals surface area (Å²) >= 11 is 0. The van der Waals surface area contributed by atoms with Gasteiger partial charge in [0.25, 0.3) is 0 Å². The van der Waals surface area contributed by atoms with Crippen molar-refractivity contribution in [2.24, 2.45) is 0 Å². The van der Waals surface area contributed by atoms with E-state index < -0.39 is 0 Å². The van der Waals surface area contributed by atoms with E-state index in [0.29, 0.717) is 0 Å². The molecule has 0 N–H and O–H groups in total. The molecule has 1 unspecified atom stereocenters. The van der Waals surface area contributed by atoms with Gasteiger partial charge in [0.1, 0.15) is 0 Å². The average Bonchev–Trinajstić information content (AvgIpc) is 2.70. The quantitative estimate of drug-likeness (QED) is 0.690. The lowest BCUT2D eigenvalue weighted by Gasteiger charge is -2.30. The van der Waals surface area contributed by atoms with E-state index in [9.17, 15) is 4.39 Å². The number of nitrogens with zero attached hydrogens (tertiary/aromatic N) is 1. The first-order valence-electron chi connectivity index (χ1n) is 5.42. The number of rotatable bonds is 3. The molecule has 2 aliphatic rings. The SMILES string of the molecule is CCOCC12CCCN1C/C(=C/F)C2. The second kappa shape index (κ2) is 3.99. The Morgan fingerprint density at radius 2 is 2.50 bits per heavy atom. The fourth-order valence-corrected chi connectivity index (χ4v) is 2.74. The number of fused-ring (bicyclic) bond motifs is 1. The first-order valence-corrected chi connectivity index (χ1v) is 5.42. The molecule has 2 heterocycles. The third kappa shape index (κ3) is 1.59. The van der Waals surface area contributed by atoms with Gasteiger partial charge in [0.05, 0.1) is 12.9 Å². The molecule has 14 heavy (non-hydrogen) atoms. The molecular weight excluding hydrogens is 181 g/mol. The lowest BCUT2D eigenvalue weighted by molar-refractivity contribution is 0.0418. The Morgan fingerprint density at radius 3 is 3.21 bits per heavy atom. The Kier molecular flexibility index (Phi) is 2.88. The molecule has 0 aliphatic carbocycles. The highest BCUT2D eigenvalue weighted by Gasteiger charge is 2.46. The lowest BCUT2D eigenvalue weighted by atomic mass is 9.94. The third-order valence-corrected chi connectivity index (χ3v) is 3.42. The van der Waals surface area contributed by atoms with Crippen LogP contribution in [0.5, 0.6) is 0 Å². The van der Waals surface area contributed by atoms with Crippen molar-refractivity contribution >= 4 is 0 Å². The summed E-state index contributed by atoms with van der Waals surface area (Å²) in [5.41, 5.74) is 1.07. The molecule has 0 aromatic carbocycles. The highest BCUT2D eigenvalue weighted by atomic mass is 19.1. The highest BCUT2D eigenvalue weighted by molar-refractivity contribution is 5.19. The summed E-state index contributed by atoms with van der Waals surface area (Å²) in [7, 11) is 0. The maximum atomic E-state index is 12.5. The van der Waals surface area contributed by atoms with Crippen molar-refractivity contribution in [1.29, 1.82) is 0 Å². The Morgan fingerprint density at radius 1 is 1.64 bits per heavy atom. The molecule has 0 bridgehead atoms. The van der Waals surface area contributed by atoms with Crippen LogP contribution in [-0.2, 0) is 4.74 Å². The second-order valence-corrected chi connectivity index (χ2v) is 4.33. The van der Waals surface area contributed by atoms with Crippen molar-refractivity contribution in [3.8, 4) is 0 Å². The Labute approximate surface area is 84.7 Å². The molecule has 0 aromatic rings. The van der Waals surface area contributed by atoms with Gasteiger partial charge in [-0.1, -0.05) is 0 Å². The average molecular weight is 199 g/mol. The molecule has 2 nitrogen and oxygen atoms in total. The van der Waals surface area contributed by atoms with Crippen molar-refractivity contribution in [3.63, 3.8) is 0 Å². The Bertz CT molecular complexity index is 241. The fraction of sp³-hybridized carbons (Fsp3) is 0.818. The van der Waals surface area contributed by atoms with Gasteiger partial charge in [-0.25, -0.2) is 4.39 Å². The number of hydrogen-bond acceptors (Lipinski definition) is 2. The zero-order valence-corrected chi connectivity index (χ0v) is 8.76. The summed E-state index contributed by atoms with van der Waals surface area (Å²) in [4.78, 5) is 2.38. The van der Waals surface area contributed by atoms with E-state index in [1.165, 1.54) is 6.42 Å². The Balaban J connectivity index is 2.06. The van der Waals surface area contributed by atoms with Crippen molar-refractivity contribution < 1.29 is 9.13 Å². The molecule has 2 fully saturated rings.